The van der Waals surface area contributed by atoms with Gasteiger partial charge in [0.2, 0.25) is 5.91 Å². The number of carbonyl (C=O) groups is 1. The molecule has 0 aliphatic carbocycles. The van der Waals surface area contributed by atoms with E-state index in [-0.39, 0.29) is 18.0 Å². The molecule has 5 heteroatoms. The van der Waals surface area contributed by atoms with E-state index in [0.717, 1.165) is 11.1 Å². The Hall–Kier alpha value is -1.46. The number of thiophene rings is 1. The average Bonchev–Trinajstić information content (AvgIpc) is 2.91. The molecule has 4 nitrogen and oxygen atoms in total. The first-order valence-electron chi connectivity index (χ1n) is 7.34. The van der Waals surface area contributed by atoms with Crippen LogP contribution in [0.1, 0.15) is 39.3 Å². The summed E-state index contributed by atoms with van der Waals surface area (Å²) in [5, 5.41) is 8.32. The van der Waals surface area contributed by atoms with E-state index in [1.54, 1.807) is 11.3 Å². The first kappa shape index (κ1) is 15.9. The molecule has 0 fully saturated rings. The number of fused-ring (bicyclic) bond motifs is 1. The van der Waals surface area contributed by atoms with Crippen molar-refractivity contribution in [2.75, 3.05) is 6.54 Å². The summed E-state index contributed by atoms with van der Waals surface area (Å²) in [7, 11) is 0. The predicted octanol–water partition coefficient (Wildman–Crippen LogP) is 3.11. The van der Waals surface area contributed by atoms with Crippen molar-refractivity contribution in [2.24, 2.45) is 5.92 Å². The Morgan fingerprint density at radius 1 is 1.33 bits per heavy atom. The molecule has 2 atom stereocenters. The summed E-state index contributed by atoms with van der Waals surface area (Å²) in [6, 6.07) is 4.02. The van der Waals surface area contributed by atoms with E-state index >= 15 is 0 Å². The summed E-state index contributed by atoms with van der Waals surface area (Å²) in [6.07, 6.45) is 1.88. The van der Waals surface area contributed by atoms with Crippen molar-refractivity contribution in [3.8, 4) is 0 Å². The molecule has 1 amide bonds. The van der Waals surface area contributed by atoms with Gasteiger partial charge in [0.15, 0.2) is 0 Å². The highest BCUT2D eigenvalue weighted by Gasteiger charge is 2.16. The van der Waals surface area contributed by atoms with E-state index in [1.165, 1.54) is 4.70 Å². The number of nitrogens with zero attached hydrogens (tertiary/aromatic N) is 1. The Labute approximate surface area is 130 Å². The first-order valence-corrected chi connectivity index (χ1v) is 8.22. The molecule has 2 unspecified atom stereocenters. The molecule has 21 heavy (non-hydrogen) atoms. The van der Waals surface area contributed by atoms with Crippen LogP contribution < -0.4 is 10.6 Å². The molecule has 0 saturated carbocycles. The van der Waals surface area contributed by atoms with E-state index in [9.17, 15) is 4.79 Å². The lowest BCUT2D eigenvalue weighted by Gasteiger charge is -2.20. The van der Waals surface area contributed by atoms with Gasteiger partial charge in [0, 0.05) is 18.8 Å². The van der Waals surface area contributed by atoms with Crippen molar-refractivity contribution in [3.63, 3.8) is 0 Å². The lowest BCUT2D eigenvalue weighted by Crippen LogP contribution is -2.44. The minimum Gasteiger partial charge on any atom is -0.354 e. The quantitative estimate of drug-likeness (QED) is 0.862. The van der Waals surface area contributed by atoms with Gasteiger partial charge in [-0.15, -0.1) is 11.3 Å². The number of nitrogens with one attached hydrogen (secondary N) is 2. The van der Waals surface area contributed by atoms with Crippen molar-refractivity contribution in [1.82, 2.24) is 15.6 Å². The SMILES string of the molecule is CC(C)CNC(=O)C(C)NC(C)c1cnc2ccsc2c1. The zero-order valence-electron chi connectivity index (χ0n) is 13.0. The topological polar surface area (TPSA) is 54.0 Å². The molecule has 0 saturated heterocycles. The molecule has 2 rings (SSSR count). The van der Waals surface area contributed by atoms with Gasteiger partial charge in [-0.3, -0.25) is 15.1 Å². The number of rotatable bonds is 6. The molecular formula is C16H23N3OS. The van der Waals surface area contributed by atoms with Crippen LogP contribution in [0.2, 0.25) is 0 Å². The smallest absolute Gasteiger partial charge is 0.236 e. The summed E-state index contributed by atoms with van der Waals surface area (Å²) in [4.78, 5) is 16.4. The maximum atomic E-state index is 12.0. The van der Waals surface area contributed by atoms with Crippen molar-refractivity contribution in [3.05, 3.63) is 29.3 Å². The number of aromatic nitrogens is 1. The molecule has 2 aromatic heterocycles. The van der Waals surface area contributed by atoms with Gasteiger partial charge in [-0.05, 0) is 42.8 Å². The summed E-state index contributed by atoms with van der Waals surface area (Å²) in [6.45, 7) is 8.83. The van der Waals surface area contributed by atoms with Gasteiger partial charge < -0.3 is 5.32 Å². The Morgan fingerprint density at radius 3 is 2.81 bits per heavy atom. The van der Waals surface area contributed by atoms with Gasteiger partial charge in [-0.2, -0.15) is 0 Å². The minimum absolute atomic E-state index is 0.0423. The molecule has 2 N–H and O–H groups in total. The van der Waals surface area contributed by atoms with Crippen LogP contribution in [0.5, 0.6) is 0 Å². The standard InChI is InChI=1S/C16H23N3OS/c1-10(2)8-18-16(20)12(4)19-11(3)13-7-15-14(17-9-13)5-6-21-15/h5-7,9-12,19H,8H2,1-4H3,(H,18,20). The highest BCUT2D eigenvalue weighted by atomic mass is 32.1. The monoisotopic (exact) mass is 305 g/mol. The van der Waals surface area contributed by atoms with Gasteiger partial charge in [0.05, 0.1) is 16.3 Å². The molecule has 0 aliphatic heterocycles. The van der Waals surface area contributed by atoms with Crippen LogP contribution in [0, 0.1) is 5.92 Å². The van der Waals surface area contributed by atoms with Crippen LogP contribution in [0.3, 0.4) is 0 Å². The van der Waals surface area contributed by atoms with Crippen molar-refractivity contribution >= 4 is 27.5 Å². The lowest BCUT2D eigenvalue weighted by molar-refractivity contribution is -0.123. The summed E-state index contributed by atoms with van der Waals surface area (Å²) >= 11 is 1.69. The molecule has 0 aromatic carbocycles. The van der Waals surface area contributed by atoms with Gasteiger partial charge in [0.1, 0.15) is 0 Å². The third kappa shape index (κ3) is 4.25. The fraction of sp³-hybridized carbons (Fsp3) is 0.500. The van der Waals surface area contributed by atoms with E-state index in [0.29, 0.717) is 12.5 Å². The number of amides is 1. The third-order valence-electron chi connectivity index (χ3n) is 3.40. The van der Waals surface area contributed by atoms with Gasteiger partial charge in [-0.25, -0.2) is 0 Å². The molecule has 0 spiro atoms. The number of hydrogen-bond acceptors (Lipinski definition) is 4. The van der Waals surface area contributed by atoms with Crippen LogP contribution in [-0.2, 0) is 4.79 Å². The molecule has 2 aromatic rings. The second-order valence-corrected chi connectivity index (χ2v) is 6.77. The largest absolute Gasteiger partial charge is 0.354 e. The predicted molar refractivity (Wildman–Crippen MR) is 88.5 cm³/mol. The van der Waals surface area contributed by atoms with E-state index in [4.69, 9.17) is 0 Å². The molecule has 0 aliphatic rings. The Kier molecular flexibility index (Phi) is 5.31. The maximum absolute atomic E-state index is 12.0. The molecule has 0 radical (unpaired) electrons. The summed E-state index contributed by atoms with van der Waals surface area (Å²) in [5.41, 5.74) is 2.13. The zero-order valence-corrected chi connectivity index (χ0v) is 13.8. The Morgan fingerprint density at radius 2 is 2.10 bits per heavy atom. The fourth-order valence-corrected chi connectivity index (χ4v) is 2.89. The number of carbonyl (C=O) groups excluding carboxylic acids is 1. The second kappa shape index (κ2) is 7.00. The van der Waals surface area contributed by atoms with Crippen LogP contribution in [0.15, 0.2) is 23.7 Å². The van der Waals surface area contributed by atoms with Crippen LogP contribution >= 0.6 is 11.3 Å². The van der Waals surface area contributed by atoms with E-state index in [1.807, 2.05) is 24.6 Å². The van der Waals surface area contributed by atoms with Crippen molar-refractivity contribution in [2.45, 2.75) is 39.8 Å². The Bertz CT molecular complexity index is 608. The van der Waals surface area contributed by atoms with Gasteiger partial charge in [-0.1, -0.05) is 13.8 Å². The third-order valence-corrected chi connectivity index (χ3v) is 4.25. The number of pyridine rings is 1. The second-order valence-electron chi connectivity index (χ2n) is 5.82. The zero-order chi connectivity index (χ0) is 15.4. The average molecular weight is 305 g/mol. The summed E-state index contributed by atoms with van der Waals surface area (Å²) in [5.74, 6) is 0.504. The van der Waals surface area contributed by atoms with Crippen LogP contribution in [0.4, 0.5) is 0 Å². The highest BCUT2D eigenvalue weighted by Crippen LogP contribution is 2.22. The maximum Gasteiger partial charge on any atom is 0.236 e. The first-order chi connectivity index (χ1) is 9.97. The highest BCUT2D eigenvalue weighted by molar-refractivity contribution is 7.17. The normalized spacial score (nSPS) is 14.3. The Balaban J connectivity index is 1.96. The van der Waals surface area contributed by atoms with Crippen LogP contribution in [0.25, 0.3) is 10.2 Å². The number of hydrogen-bond donors (Lipinski definition) is 2. The van der Waals surface area contributed by atoms with Crippen LogP contribution in [-0.4, -0.2) is 23.5 Å². The molecular weight excluding hydrogens is 282 g/mol. The summed E-state index contributed by atoms with van der Waals surface area (Å²) < 4.78 is 1.18. The molecule has 2 heterocycles. The lowest BCUT2D eigenvalue weighted by atomic mass is 10.1. The van der Waals surface area contributed by atoms with Crippen molar-refractivity contribution < 1.29 is 4.79 Å². The van der Waals surface area contributed by atoms with Gasteiger partial charge >= 0.3 is 0 Å². The van der Waals surface area contributed by atoms with E-state index < -0.39 is 0 Å². The molecule has 114 valence electrons. The van der Waals surface area contributed by atoms with Gasteiger partial charge in [0.25, 0.3) is 0 Å². The fourth-order valence-electron chi connectivity index (χ4n) is 2.10. The van der Waals surface area contributed by atoms with E-state index in [2.05, 4.69) is 42.5 Å². The molecule has 0 bridgehead atoms. The minimum atomic E-state index is -0.224. The van der Waals surface area contributed by atoms with Crippen molar-refractivity contribution in [1.29, 1.82) is 0 Å².